The molecule has 5 nitrogen and oxygen atoms in total. The Labute approximate surface area is 135 Å². The number of benzene rings is 1. The molecule has 0 fully saturated rings. The summed E-state index contributed by atoms with van der Waals surface area (Å²) in [5, 5.41) is 0. The molecule has 0 unspecified atom stereocenters. The van der Waals surface area contributed by atoms with Crippen LogP contribution in [0.15, 0.2) is 54.4 Å². The van der Waals surface area contributed by atoms with Gasteiger partial charge in [0.05, 0.1) is 5.69 Å². The molecule has 1 aliphatic rings. The van der Waals surface area contributed by atoms with Crippen LogP contribution in [-0.4, -0.2) is 0 Å². The number of ether oxygens (including phenoxy) is 1. The van der Waals surface area contributed by atoms with E-state index in [4.69, 9.17) is 16.2 Å². The van der Waals surface area contributed by atoms with Gasteiger partial charge in [-0.15, -0.1) is 0 Å². The largest absolute Gasteiger partial charge is 0.445 e. The third kappa shape index (κ3) is 2.50. The molecule has 1 aromatic heterocycles. The molecule has 5 heteroatoms. The molecule has 0 atom stereocenters. The van der Waals surface area contributed by atoms with Gasteiger partial charge in [0.2, 0.25) is 11.9 Å². The van der Waals surface area contributed by atoms with Crippen molar-refractivity contribution in [2.24, 2.45) is 11.5 Å². The smallest absolute Gasteiger partial charge is 0.215 e. The molecule has 23 heavy (non-hydrogen) atoms. The number of H-pyrrole nitrogens is 1. The number of rotatable bonds is 2. The highest BCUT2D eigenvalue weighted by Crippen LogP contribution is 2.42. The Kier molecular flexibility index (Phi) is 3.70. The molecule has 0 saturated carbocycles. The lowest BCUT2D eigenvalue weighted by molar-refractivity contribution is -0.378. The number of pyridine rings is 1. The molecule has 0 aliphatic carbocycles. The van der Waals surface area contributed by atoms with Crippen molar-refractivity contribution in [1.82, 2.24) is 0 Å². The minimum absolute atomic E-state index is 0.514. The van der Waals surface area contributed by atoms with Crippen LogP contribution in [-0.2, 0) is 0 Å². The maximum atomic E-state index is 6.40. The first-order chi connectivity index (χ1) is 11.0. The average Bonchev–Trinajstić information content (AvgIpc) is 2.50. The highest BCUT2D eigenvalue weighted by molar-refractivity contribution is 5.78. The summed E-state index contributed by atoms with van der Waals surface area (Å²) in [5.41, 5.74) is 17.4. The molecule has 1 aromatic carbocycles. The van der Waals surface area contributed by atoms with Crippen molar-refractivity contribution >= 4 is 11.4 Å². The lowest BCUT2D eigenvalue weighted by Crippen LogP contribution is -2.31. The summed E-state index contributed by atoms with van der Waals surface area (Å²) in [6.07, 6.45) is 6.74. The van der Waals surface area contributed by atoms with Crippen LogP contribution in [0.1, 0.15) is 16.7 Å². The first kappa shape index (κ1) is 15.0. The van der Waals surface area contributed by atoms with E-state index < -0.39 is 0 Å². The van der Waals surface area contributed by atoms with Crippen LogP contribution < -0.4 is 26.1 Å². The fraction of sp³-hybridized carbons (Fsp3) is 0.167. The standard InChI is InChI=1S/C18H20N4O/c1-11-8-12(2)17(13(3)9-11)22-14-5-7-21-10-16(14)23-15(4-6-19)18(22)20/h4-10H,19-20H2,1-3H3/p+1/b6-4-. The molecule has 2 heterocycles. The zero-order valence-corrected chi connectivity index (χ0v) is 13.6. The maximum Gasteiger partial charge on any atom is 0.215 e. The molecule has 0 spiro atoms. The molecule has 0 radical (unpaired) electrons. The highest BCUT2D eigenvalue weighted by Gasteiger charge is 2.29. The second kappa shape index (κ2) is 5.68. The van der Waals surface area contributed by atoms with Crippen molar-refractivity contribution in [3.63, 3.8) is 0 Å². The summed E-state index contributed by atoms with van der Waals surface area (Å²) in [6, 6.07) is 6.25. The number of anilines is 2. The first-order valence-electron chi connectivity index (χ1n) is 7.47. The second-order valence-corrected chi connectivity index (χ2v) is 5.69. The molecule has 2 aromatic rings. The number of aromatic amines is 1. The lowest BCUT2D eigenvalue weighted by atomic mass is 10.0. The number of nitrogens with two attached hydrogens (primary N) is 2. The van der Waals surface area contributed by atoms with E-state index in [9.17, 15) is 0 Å². The number of aryl methyl sites for hydroxylation is 3. The summed E-state index contributed by atoms with van der Waals surface area (Å²) in [5.74, 6) is 1.74. The van der Waals surface area contributed by atoms with Gasteiger partial charge in [0, 0.05) is 12.1 Å². The Bertz CT molecular complexity index is 801. The molecular formula is C18H21N4O+. The average molecular weight is 309 g/mol. The number of hydrogen-bond donors (Lipinski definition) is 2. The summed E-state index contributed by atoms with van der Waals surface area (Å²) in [6.45, 7) is 6.27. The van der Waals surface area contributed by atoms with E-state index in [1.165, 1.54) is 11.8 Å². The van der Waals surface area contributed by atoms with Crippen LogP contribution in [0.3, 0.4) is 0 Å². The van der Waals surface area contributed by atoms with Gasteiger partial charge in [0.25, 0.3) is 0 Å². The van der Waals surface area contributed by atoms with E-state index in [2.05, 4.69) is 37.9 Å². The number of hydrogen-bond acceptors (Lipinski definition) is 4. The number of aromatic nitrogens is 1. The van der Waals surface area contributed by atoms with Crippen LogP contribution in [0.5, 0.6) is 5.75 Å². The van der Waals surface area contributed by atoms with Crippen LogP contribution >= 0.6 is 0 Å². The summed E-state index contributed by atoms with van der Waals surface area (Å²) >= 11 is 0. The third-order valence-electron chi connectivity index (χ3n) is 3.87. The number of nitrogens with one attached hydrogen (secondary N) is 1. The van der Waals surface area contributed by atoms with Crippen molar-refractivity contribution in [1.29, 1.82) is 0 Å². The van der Waals surface area contributed by atoms with Crippen molar-refractivity contribution in [2.45, 2.75) is 20.8 Å². The molecule has 0 amide bonds. The minimum Gasteiger partial charge on any atom is -0.445 e. The van der Waals surface area contributed by atoms with Gasteiger partial charge in [-0.3, -0.25) is 4.90 Å². The number of fused-ring (bicyclic) bond motifs is 1. The molecule has 5 N–H and O–H groups in total. The predicted octanol–water partition coefficient (Wildman–Crippen LogP) is 2.56. The molecule has 3 rings (SSSR count). The van der Waals surface area contributed by atoms with Crippen molar-refractivity contribution in [3.8, 4) is 5.75 Å². The highest BCUT2D eigenvalue weighted by atomic mass is 16.5. The van der Waals surface area contributed by atoms with E-state index in [-0.39, 0.29) is 0 Å². The van der Waals surface area contributed by atoms with Crippen molar-refractivity contribution in [2.75, 3.05) is 4.90 Å². The van der Waals surface area contributed by atoms with Gasteiger partial charge in [-0.05, 0) is 38.1 Å². The first-order valence-corrected chi connectivity index (χ1v) is 7.47. The molecular weight excluding hydrogens is 288 g/mol. The Morgan fingerprint density at radius 1 is 1.17 bits per heavy atom. The Morgan fingerprint density at radius 2 is 1.87 bits per heavy atom. The van der Waals surface area contributed by atoms with E-state index >= 15 is 0 Å². The Hall–Kier alpha value is -2.95. The van der Waals surface area contributed by atoms with Gasteiger partial charge < -0.3 is 16.2 Å². The van der Waals surface area contributed by atoms with Gasteiger partial charge >= 0.3 is 0 Å². The minimum atomic E-state index is 0.514. The Morgan fingerprint density at radius 3 is 2.52 bits per heavy atom. The topological polar surface area (TPSA) is 78.7 Å². The summed E-state index contributed by atoms with van der Waals surface area (Å²) in [7, 11) is 0. The van der Waals surface area contributed by atoms with Crippen molar-refractivity contribution < 1.29 is 9.72 Å². The zero-order chi connectivity index (χ0) is 16.6. The molecule has 0 bridgehead atoms. The molecule has 1 aliphatic heterocycles. The lowest BCUT2D eigenvalue weighted by Gasteiger charge is -2.33. The summed E-state index contributed by atoms with van der Waals surface area (Å²) in [4.78, 5) is 5.06. The van der Waals surface area contributed by atoms with Gasteiger partial charge in [-0.2, -0.15) is 0 Å². The van der Waals surface area contributed by atoms with E-state index in [1.807, 2.05) is 17.2 Å². The molecule has 118 valence electrons. The van der Waals surface area contributed by atoms with Crippen molar-refractivity contribution in [3.05, 3.63) is 71.1 Å². The normalized spacial score (nSPS) is 14.1. The molecule has 0 saturated heterocycles. The zero-order valence-electron chi connectivity index (χ0n) is 13.6. The third-order valence-corrected chi connectivity index (χ3v) is 3.87. The van der Waals surface area contributed by atoms with E-state index in [0.29, 0.717) is 17.3 Å². The SMILES string of the molecule is Cc1cc(C)c(N2C(N)=C(/C=C\N)Oc3c[nH+]ccc32)c(C)c1. The fourth-order valence-corrected chi connectivity index (χ4v) is 3.06. The van der Waals surface area contributed by atoms with Crippen LogP contribution in [0.4, 0.5) is 11.4 Å². The Balaban J connectivity index is 2.28. The maximum absolute atomic E-state index is 6.40. The van der Waals surface area contributed by atoms with Crippen LogP contribution in [0.2, 0.25) is 0 Å². The fourth-order valence-electron chi connectivity index (χ4n) is 3.06. The van der Waals surface area contributed by atoms with Crippen LogP contribution in [0, 0.1) is 20.8 Å². The monoisotopic (exact) mass is 309 g/mol. The van der Waals surface area contributed by atoms with Gasteiger partial charge in [0.15, 0.2) is 17.8 Å². The van der Waals surface area contributed by atoms with Gasteiger partial charge in [-0.1, -0.05) is 17.7 Å². The second-order valence-electron chi connectivity index (χ2n) is 5.69. The predicted molar refractivity (Wildman–Crippen MR) is 91.0 cm³/mol. The quantitative estimate of drug-likeness (QED) is 0.893. The van der Waals surface area contributed by atoms with E-state index in [1.54, 1.807) is 12.3 Å². The van der Waals surface area contributed by atoms with Gasteiger partial charge in [0.1, 0.15) is 5.69 Å². The summed E-state index contributed by atoms with van der Waals surface area (Å²) < 4.78 is 5.85. The number of allylic oxidation sites excluding steroid dienone is 1. The van der Waals surface area contributed by atoms with Crippen LogP contribution in [0.25, 0.3) is 0 Å². The van der Waals surface area contributed by atoms with E-state index in [0.717, 1.165) is 22.5 Å². The number of nitrogens with zero attached hydrogens (tertiary/aromatic N) is 1. The van der Waals surface area contributed by atoms with Gasteiger partial charge in [-0.25, -0.2) is 4.98 Å².